The number of halogens is 13. The molecule has 20 nitrogen and oxygen atoms in total. The lowest BCUT2D eigenvalue weighted by Gasteiger charge is -2.43. The maximum atomic E-state index is 14.1. The lowest BCUT2D eigenvalue weighted by Crippen LogP contribution is -2.52. The number of anilines is 3. The Kier molecular flexibility index (Phi) is 30.0. The van der Waals surface area contributed by atoms with E-state index in [0.29, 0.717) is 111 Å². The van der Waals surface area contributed by atoms with E-state index in [9.17, 15) is 69.2 Å². The van der Waals surface area contributed by atoms with E-state index in [0.717, 1.165) is 107 Å². The Morgan fingerprint density at radius 2 is 0.676 bits per heavy atom. The van der Waals surface area contributed by atoms with Crippen molar-refractivity contribution in [3.05, 3.63) is 148 Å². The van der Waals surface area contributed by atoms with E-state index in [4.69, 9.17) is 58.5 Å². The van der Waals surface area contributed by atoms with Gasteiger partial charge in [-0.3, -0.25) is 14.7 Å². The molecule has 6 fully saturated rings. The molecule has 0 radical (unpaired) electrons. The van der Waals surface area contributed by atoms with Crippen LogP contribution in [-0.2, 0) is 30.1 Å². The maximum Gasteiger partial charge on any atom is 0.422 e. The van der Waals surface area contributed by atoms with Crippen LogP contribution in [0.2, 0.25) is 15.1 Å². The third kappa shape index (κ3) is 24.5. The van der Waals surface area contributed by atoms with Crippen LogP contribution in [0.25, 0.3) is 0 Å². The highest BCUT2D eigenvalue weighted by atomic mass is 35.5. The number of hydrogen-bond donors (Lipinski definition) is 3. The first-order valence-electron chi connectivity index (χ1n) is 36.6. The second-order valence-corrected chi connectivity index (χ2v) is 34.8. The first kappa shape index (κ1) is 86.9. The molecule has 3 saturated heterocycles. The first-order valence-corrected chi connectivity index (χ1v) is 42.2. The molecule has 6 aliphatic rings. The fourth-order valence-electron chi connectivity index (χ4n) is 15.1. The summed E-state index contributed by atoms with van der Waals surface area (Å²) in [5, 5.41) is 0.778. The van der Waals surface area contributed by atoms with Gasteiger partial charge >= 0.3 is 12.4 Å². The fraction of sp³-hybridized carbons (Fsp3) is 0.520. The van der Waals surface area contributed by atoms with Crippen LogP contribution >= 0.6 is 34.8 Å². The molecule has 3 saturated carbocycles. The molecule has 3 N–H and O–H groups in total. The summed E-state index contributed by atoms with van der Waals surface area (Å²) in [6, 6.07) is 24.7. The molecule has 6 aromatic rings. The molecule has 0 atom stereocenters. The van der Waals surface area contributed by atoms with Gasteiger partial charge in [-0.25, -0.2) is 57.0 Å². The minimum atomic E-state index is -4.53. The Labute approximate surface area is 657 Å². The first-order chi connectivity index (χ1) is 52.5. The Morgan fingerprint density at radius 3 is 0.982 bits per heavy atom. The van der Waals surface area contributed by atoms with Crippen molar-refractivity contribution in [3.8, 4) is 28.7 Å². The second kappa shape index (κ2) is 38.3. The minimum Gasteiger partial charge on any atom is -0.495 e. The highest BCUT2D eigenvalue weighted by molar-refractivity contribution is 7.90. The zero-order chi connectivity index (χ0) is 80.2. The molecule has 0 spiro atoms. The Morgan fingerprint density at radius 1 is 0.387 bits per heavy atom. The number of alkyl halides is 6. The Hall–Kier alpha value is -6.50. The van der Waals surface area contributed by atoms with Gasteiger partial charge in [0.1, 0.15) is 66.7 Å². The molecule has 612 valence electrons. The number of nitrogens with one attached hydrogen (secondary N) is 3. The van der Waals surface area contributed by atoms with Crippen LogP contribution in [0.3, 0.4) is 0 Å². The van der Waals surface area contributed by atoms with Crippen LogP contribution in [0, 0.1) is 23.3 Å². The monoisotopic (exact) mass is 1690 g/mol. The van der Waals surface area contributed by atoms with Gasteiger partial charge in [-0.1, -0.05) is 34.8 Å². The predicted molar refractivity (Wildman–Crippen MR) is 406 cm³/mol. The molecule has 12 rings (SSSR count). The van der Waals surface area contributed by atoms with Crippen molar-refractivity contribution in [2.75, 3.05) is 121 Å². The van der Waals surface area contributed by atoms with E-state index in [1.165, 1.54) is 74.9 Å². The van der Waals surface area contributed by atoms with Crippen LogP contribution < -0.4 is 52.6 Å². The van der Waals surface area contributed by atoms with Crippen molar-refractivity contribution in [3.63, 3.8) is 0 Å². The van der Waals surface area contributed by atoms with E-state index < -0.39 is 78.0 Å². The smallest absolute Gasteiger partial charge is 0.422 e. The van der Waals surface area contributed by atoms with Gasteiger partial charge in [0, 0.05) is 148 Å². The fourth-order valence-corrected chi connectivity index (χ4v) is 20.2. The summed E-state index contributed by atoms with van der Waals surface area (Å²) in [5.41, 5.74) is 1.78. The van der Waals surface area contributed by atoms with Crippen molar-refractivity contribution in [2.45, 2.75) is 160 Å². The van der Waals surface area contributed by atoms with Gasteiger partial charge < -0.3 is 38.4 Å². The molecule has 0 unspecified atom stereocenters. The third-order valence-electron chi connectivity index (χ3n) is 20.5. The highest BCUT2D eigenvalue weighted by Gasteiger charge is 2.38. The van der Waals surface area contributed by atoms with Gasteiger partial charge in [-0.2, -0.15) is 26.3 Å². The SMILES string of the molecule is COc1ccc(Cl)cc1S(=O)(=O)NC1CCC(N2CCN(c3ccc(F)cc3OC(C)C)CC2)CC1.COc1ccc(Cl)cc1S(=O)(=O)NC1CCC(N2CCN(c3ccc(F)cc3OCC(F)(F)F)CC2)CC1.O=S(=O)(NC1CCC(N2CCN(c3ccc(F)cc3OCC(F)(F)F)CC2)CC1)c1cc(Cl)ccc1F. The quantitative estimate of drug-likeness (QED) is 0.0510. The zero-order valence-electron chi connectivity index (χ0n) is 61.6. The minimum absolute atomic E-state index is 0.00474. The summed E-state index contributed by atoms with van der Waals surface area (Å²) >= 11 is 17.9. The number of rotatable bonds is 23. The lowest BCUT2D eigenvalue weighted by molar-refractivity contribution is -0.154. The molecule has 3 aliphatic carbocycles. The van der Waals surface area contributed by atoms with Crippen LogP contribution in [-0.4, -0.2) is 201 Å². The summed E-state index contributed by atoms with van der Waals surface area (Å²) in [6.07, 6.45) is -0.0895. The Balaban J connectivity index is 0.000000177. The number of piperazine rings is 3. The molecule has 6 aromatic carbocycles. The van der Waals surface area contributed by atoms with Crippen molar-refractivity contribution < 1.29 is 92.8 Å². The van der Waals surface area contributed by atoms with Gasteiger partial charge in [-0.15, -0.1) is 0 Å². The number of hydrogen-bond acceptors (Lipinski definition) is 17. The maximum absolute atomic E-state index is 14.1. The summed E-state index contributed by atoms with van der Waals surface area (Å²) in [6.45, 7) is 9.15. The van der Waals surface area contributed by atoms with E-state index in [1.807, 2.05) is 23.6 Å². The number of ether oxygens (including phenoxy) is 5. The van der Waals surface area contributed by atoms with E-state index in [1.54, 1.807) is 24.3 Å². The van der Waals surface area contributed by atoms with Crippen LogP contribution in [0.4, 0.5) is 61.0 Å². The van der Waals surface area contributed by atoms with Gasteiger partial charge in [-0.05, 0) is 182 Å². The molecule has 111 heavy (non-hydrogen) atoms. The number of benzene rings is 6. The van der Waals surface area contributed by atoms with Crippen molar-refractivity contribution in [1.82, 2.24) is 28.9 Å². The number of sulfonamides is 3. The largest absolute Gasteiger partial charge is 0.495 e. The zero-order valence-corrected chi connectivity index (χ0v) is 66.3. The number of methoxy groups -OCH3 is 2. The van der Waals surface area contributed by atoms with Gasteiger partial charge in [0.05, 0.1) is 37.4 Å². The highest BCUT2D eigenvalue weighted by Crippen LogP contribution is 2.39. The number of nitrogens with zero attached hydrogens (tertiary/aromatic N) is 6. The predicted octanol–water partition coefficient (Wildman–Crippen LogP) is 14.5. The van der Waals surface area contributed by atoms with E-state index >= 15 is 0 Å². The van der Waals surface area contributed by atoms with Crippen molar-refractivity contribution in [1.29, 1.82) is 0 Å². The van der Waals surface area contributed by atoms with Crippen molar-refractivity contribution in [2.24, 2.45) is 0 Å². The molecular formula is C75H92Cl3F10N9O11S3. The molecule has 36 heteroatoms. The second-order valence-electron chi connectivity index (χ2n) is 28.4. The summed E-state index contributed by atoms with van der Waals surface area (Å²) < 4.78 is 242. The average Bonchev–Trinajstić information content (AvgIpc) is 0.821. The molecule has 3 heterocycles. The molecule has 3 aliphatic heterocycles. The van der Waals surface area contributed by atoms with E-state index in [-0.39, 0.29) is 79.9 Å². The van der Waals surface area contributed by atoms with Gasteiger partial charge in [0.15, 0.2) is 13.2 Å². The average molecular weight is 1690 g/mol. The summed E-state index contributed by atoms with van der Waals surface area (Å²) in [5.74, 6) is -1.68. The summed E-state index contributed by atoms with van der Waals surface area (Å²) in [7, 11) is -8.76. The summed E-state index contributed by atoms with van der Waals surface area (Å²) in [4.78, 5) is 12.7. The molecule has 0 aromatic heterocycles. The molecule has 0 bridgehead atoms. The standard InChI is InChI=1S/C26H35ClFN3O4S.C25H30ClF4N3O4S.C24H27ClF5N3O3S/c1-18(2)35-25-17-20(28)5-10-23(25)31-14-12-30(13-15-31)22-8-6-21(7-9-22)29-36(32,33)26-16-19(27)4-11-24(26)34-3;1-36-22-9-2-17(26)14-24(22)38(34,35)31-19-4-6-20(7-5-19)32-10-12-33(13-11-32)21-8-3-18(27)15-23(21)37-16-25(28,29)30;25-16-1-7-20(27)23(13-16)37(34,35)31-18-3-5-19(6-4-18)32-9-11-33(12-10-32)21-8-2-17(26)14-22(21)36-15-24(28,29)30/h4-5,10-11,16-18,21-22,29H,6-9,12-15H2,1-3H3;2-3,8-9,14-15,19-20,31H,4-7,10-13,16H2,1H3;1-2,7-8,13-14,18-19,31H,3-6,9-12,15H2. The van der Waals surface area contributed by atoms with E-state index in [2.05, 4.69) is 33.8 Å². The van der Waals surface area contributed by atoms with Gasteiger partial charge in [0.2, 0.25) is 30.1 Å². The lowest BCUT2D eigenvalue weighted by atomic mass is 9.90. The van der Waals surface area contributed by atoms with Crippen LogP contribution in [0.15, 0.2) is 124 Å². The molecule has 0 amide bonds. The Bertz CT molecular complexity index is 4450. The van der Waals surface area contributed by atoms with Crippen molar-refractivity contribution >= 4 is 81.9 Å². The topological polar surface area (TPSA) is 204 Å². The molecular weight excluding hydrogens is 1600 g/mol. The van der Waals surface area contributed by atoms with Crippen LogP contribution in [0.5, 0.6) is 28.7 Å². The van der Waals surface area contributed by atoms with Gasteiger partial charge in [0.25, 0.3) is 0 Å². The third-order valence-corrected chi connectivity index (χ3v) is 25.8. The van der Waals surface area contributed by atoms with Crippen LogP contribution in [0.1, 0.15) is 90.9 Å². The normalized spacial score (nSPS) is 21.5.